The van der Waals surface area contributed by atoms with Crippen molar-refractivity contribution in [3.05, 3.63) is 57.3 Å². The van der Waals surface area contributed by atoms with Gasteiger partial charge in [-0.1, -0.05) is 17.2 Å². The number of thiophene rings is 1. The zero-order valence-corrected chi connectivity index (χ0v) is 18.9. The number of benzene rings is 1. The third-order valence-electron chi connectivity index (χ3n) is 4.93. The average molecular weight is 459 g/mol. The lowest BCUT2D eigenvalue weighted by Crippen LogP contribution is -2.34. The van der Waals surface area contributed by atoms with E-state index in [4.69, 9.17) is 16.3 Å². The van der Waals surface area contributed by atoms with Crippen LogP contribution in [0.5, 0.6) is 0 Å². The molecule has 2 amide bonds. The Kier molecular flexibility index (Phi) is 6.29. The van der Waals surface area contributed by atoms with Crippen molar-refractivity contribution in [3.63, 3.8) is 0 Å². The first-order valence-corrected chi connectivity index (χ1v) is 11.2. The molecule has 1 aromatic heterocycles. The molecule has 0 aliphatic carbocycles. The molecule has 3 heterocycles. The van der Waals surface area contributed by atoms with Crippen LogP contribution < -0.4 is 15.1 Å². The SMILES string of the molecule is CC(C)=CC1=NCCN1c1ccc(N2C[C@H](CNC(=O)c3ccc(Cl)s3)OC2=O)cc1. The molecule has 4 rings (SSSR count). The number of ether oxygens (including phenoxy) is 1. The molecule has 2 aliphatic heterocycles. The fraction of sp³-hybridized carbons (Fsp3) is 0.318. The number of hydrogen-bond donors (Lipinski definition) is 1. The summed E-state index contributed by atoms with van der Waals surface area (Å²) in [5.41, 5.74) is 2.98. The molecular weight excluding hydrogens is 436 g/mol. The Labute approximate surface area is 190 Å². The number of nitrogens with zero attached hydrogens (tertiary/aromatic N) is 3. The Balaban J connectivity index is 1.36. The summed E-state index contributed by atoms with van der Waals surface area (Å²) >= 11 is 7.08. The van der Waals surface area contributed by atoms with E-state index in [1.165, 1.54) is 16.9 Å². The van der Waals surface area contributed by atoms with E-state index in [2.05, 4.69) is 35.1 Å². The first-order valence-electron chi connectivity index (χ1n) is 9.99. The largest absolute Gasteiger partial charge is 0.442 e. The number of aliphatic imine (C=N–C) groups is 1. The van der Waals surface area contributed by atoms with Gasteiger partial charge in [0.15, 0.2) is 0 Å². The van der Waals surface area contributed by atoms with E-state index in [1.54, 1.807) is 17.0 Å². The van der Waals surface area contributed by atoms with Gasteiger partial charge >= 0.3 is 6.09 Å². The fourth-order valence-corrected chi connectivity index (χ4v) is 4.45. The van der Waals surface area contributed by atoms with Gasteiger partial charge in [-0.05, 0) is 56.3 Å². The van der Waals surface area contributed by atoms with Crippen LogP contribution in [0.4, 0.5) is 16.2 Å². The van der Waals surface area contributed by atoms with Gasteiger partial charge in [0.2, 0.25) is 0 Å². The van der Waals surface area contributed by atoms with E-state index in [9.17, 15) is 9.59 Å². The molecule has 162 valence electrons. The number of allylic oxidation sites excluding steroid dienone is 1. The molecule has 7 nitrogen and oxygen atoms in total. The highest BCUT2D eigenvalue weighted by molar-refractivity contribution is 7.18. The summed E-state index contributed by atoms with van der Waals surface area (Å²) in [4.78, 5) is 33.4. The maximum atomic E-state index is 12.4. The molecule has 2 aromatic rings. The molecule has 9 heteroatoms. The van der Waals surface area contributed by atoms with E-state index in [0.717, 1.165) is 30.3 Å². The number of amides is 2. The van der Waals surface area contributed by atoms with Crippen LogP contribution in [0.2, 0.25) is 4.34 Å². The van der Waals surface area contributed by atoms with Gasteiger partial charge in [-0.15, -0.1) is 11.3 Å². The second-order valence-corrected chi connectivity index (χ2v) is 9.27. The minimum absolute atomic E-state index is 0.227. The number of halogens is 1. The molecule has 1 fully saturated rings. The number of anilines is 2. The molecule has 31 heavy (non-hydrogen) atoms. The molecular formula is C22H23ClN4O3S. The Morgan fingerprint density at radius 3 is 2.58 bits per heavy atom. The molecule has 0 radical (unpaired) electrons. The maximum absolute atomic E-state index is 12.4. The molecule has 0 bridgehead atoms. The molecule has 0 unspecified atom stereocenters. The van der Waals surface area contributed by atoms with Gasteiger partial charge in [-0.25, -0.2) is 4.79 Å². The van der Waals surface area contributed by atoms with Gasteiger partial charge in [-0.2, -0.15) is 0 Å². The van der Waals surface area contributed by atoms with Gasteiger partial charge in [0.05, 0.1) is 28.8 Å². The average Bonchev–Trinajstić information content (AvgIpc) is 3.46. The Morgan fingerprint density at radius 1 is 1.23 bits per heavy atom. The monoisotopic (exact) mass is 458 g/mol. The Morgan fingerprint density at radius 2 is 1.94 bits per heavy atom. The van der Waals surface area contributed by atoms with Crippen molar-refractivity contribution in [2.45, 2.75) is 20.0 Å². The summed E-state index contributed by atoms with van der Waals surface area (Å²) in [6.45, 7) is 6.32. The number of nitrogens with one attached hydrogen (secondary N) is 1. The number of amidine groups is 1. The fourth-order valence-electron chi connectivity index (χ4n) is 3.49. The summed E-state index contributed by atoms with van der Waals surface area (Å²) in [6.07, 6.45) is 1.24. The van der Waals surface area contributed by atoms with Crippen molar-refractivity contribution in [2.24, 2.45) is 4.99 Å². The van der Waals surface area contributed by atoms with Crippen molar-refractivity contribution in [1.29, 1.82) is 0 Å². The van der Waals surface area contributed by atoms with E-state index in [0.29, 0.717) is 15.8 Å². The maximum Gasteiger partial charge on any atom is 0.414 e. The standard InChI is InChI=1S/C22H23ClN4O3S/c1-14(2)11-20-24-9-10-26(20)15-3-5-16(6-4-15)27-13-17(30-22(27)29)12-25-21(28)18-7-8-19(23)31-18/h3-8,11,17H,9-10,12-13H2,1-2H3,(H,25,28)/t17-/m0/s1. The minimum atomic E-state index is -0.417. The number of carbonyl (C=O) groups excluding carboxylic acids is 2. The highest BCUT2D eigenvalue weighted by atomic mass is 35.5. The third-order valence-corrected chi connectivity index (χ3v) is 6.16. The Hall–Kier alpha value is -2.84. The second kappa shape index (κ2) is 9.11. The van der Waals surface area contributed by atoms with Crippen molar-refractivity contribution in [2.75, 3.05) is 36.0 Å². The highest BCUT2D eigenvalue weighted by Gasteiger charge is 2.32. The van der Waals surface area contributed by atoms with Crippen molar-refractivity contribution in [1.82, 2.24) is 5.32 Å². The second-order valence-electron chi connectivity index (χ2n) is 7.56. The van der Waals surface area contributed by atoms with E-state index in [-0.39, 0.29) is 12.5 Å². The van der Waals surface area contributed by atoms with Crippen molar-refractivity contribution in [3.8, 4) is 0 Å². The number of carbonyl (C=O) groups is 2. The van der Waals surface area contributed by atoms with Gasteiger partial charge in [-0.3, -0.25) is 14.7 Å². The predicted octanol–water partition coefficient (Wildman–Crippen LogP) is 4.34. The number of cyclic esters (lactones) is 1. The van der Waals surface area contributed by atoms with Crippen LogP contribution in [0.25, 0.3) is 0 Å². The summed E-state index contributed by atoms with van der Waals surface area (Å²) in [7, 11) is 0. The van der Waals surface area contributed by atoms with Gasteiger partial charge in [0.25, 0.3) is 5.91 Å². The van der Waals surface area contributed by atoms with Crippen molar-refractivity contribution >= 4 is 52.1 Å². The van der Waals surface area contributed by atoms with Crippen LogP contribution in [-0.4, -0.2) is 50.1 Å². The lowest BCUT2D eigenvalue weighted by molar-refractivity contribution is 0.0920. The van der Waals surface area contributed by atoms with E-state index < -0.39 is 12.2 Å². The van der Waals surface area contributed by atoms with Crippen LogP contribution >= 0.6 is 22.9 Å². The quantitative estimate of drug-likeness (QED) is 0.698. The smallest absolute Gasteiger partial charge is 0.414 e. The lowest BCUT2D eigenvalue weighted by atomic mass is 10.2. The molecule has 0 saturated carbocycles. The minimum Gasteiger partial charge on any atom is -0.442 e. The molecule has 1 aromatic carbocycles. The van der Waals surface area contributed by atoms with E-state index in [1.807, 2.05) is 24.3 Å². The first kappa shape index (κ1) is 21.4. The molecule has 1 N–H and O–H groups in total. The van der Waals surface area contributed by atoms with Crippen LogP contribution in [0.3, 0.4) is 0 Å². The normalized spacial score (nSPS) is 18.1. The summed E-state index contributed by atoms with van der Waals surface area (Å²) in [5, 5.41) is 2.80. The molecule has 1 atom stereocenters. The zero-order valence-electron chi connectivity index (χ0n) is 17.3. The zero-order chi connectivity index (χ0) is 22.0. The number of hydrogen-bond acceptors (Lipinski definition) is 6. The summed E-state index contributed by atoms with van der Waals surface area (Å²) in [5.74, 6) is 0.728. The first-order chi connectivity index (χ1) is 14.9. The molecule has 2 aliphatic rings. The molecule has 1 saturated heterocycles. The Bertz CT molecular complexity index is 1040. The third kappa shape index (κ3) is 4.91. The van der Waals surface area contributed by atoms with Gasteiger partial charge in [0.1, 0.15) is 11.9 Å². The van der Waals surface area contributed by atoms with Crippen LogP contribution in [0.15, 0.2) is 53.0 Å². The molecule has 0 spiro atoms. The predicted molar refractivity (Wildman–Crippen MR) is 125 cm³/mol. The van der Waals surface area contributed by atoms with Gasteiger partial charge < -0.3 is 15.0 Å². The van der Waals surface area contributed by atoms with Crippen LogP contribution in [0, 0.1) is 0 Å². The topological polar surface area (TPSA) is 74.2 Å². The van der Waals surface area contributed by atoms with Crippen LogP contribution in [-0.2, 0) is 4.74 Å². The van der Waals surface area contributed by atoms with Crippen molar-refractivity contribution < 1.29 is 14.3 Å². The van der Waals surface area contributed by atoms with Crippen LogP contribution in [0.1, 0.15) is 23.5 Å². The summed E-state index contributed by atoms with van der Waals surface area (Å²) in [6, 6.07) is 11.1. The lowest BCUT2D eigenvalue weighted by Gasteiger charge is -2.20. The summed E-state index contributed by atoms with van der Waals surface area (Å²) < 4.78 is 5.98. The van der Waals surface area contributed by atoms with E-state index >= 15 is 0 Å². The van der Waals surface area contributed by atoms with Gasteiger partial charge in [0, 0.05) is 17.9 Å². The highest BCUT2D eigenvalue weighted by Crippen LogP contribution is 2.26. The number of rotatable bonds is 6.